The summed E-state index contributed by atoms with van der Waals surface area (Å²) in [6.45, 7) is 2.03. The number of nitrogen functional groups attached to an aromatic ring is 5. The molecule has 0 saturated heterocycles. The van der Waals surface area contributed by atoms with E-state index in [0.29, 0.717) is 22.7 Å². The average Bonchev–Trinajstić information content (AvgIpc) is 2.19. The van der Waals surface area contributed by atoms with Crippen molar-refractivity contribution in [2.45, 2.75) is 19.8 Å². The maximum absolute atomic E-state index is 5.80. The third-order valence-electron chi connectivity index (χ3n) is 2.31. The summed E-state index contributed by atoms with van der Waals surface area (Å²) in [6.07, 6.45) is 1.68. The molecule has 0 bridgehead atoms. The van der Waals surface area contributed by atoms with Gasteiger partial charge in [0.05, 0.1) is 28.4 Å². The molecule has 0 spiro atoms. The van der Waals surface area contributed by atoms with Gasteiger partial charge in [-0.2, -0.15) is 0 Å². The highest BCUT2D eigenvalue weighted by molar-refractivity contribution is 5.96. The van der Waals surface area contributed by atoms with Crippen molar-refractivity contribution < 1.29 is 0 Å². The van der Waals surface area contributed by atoms with Crippen LogP contribution in [-0.2, 0) is 6.42 Å². The molecular formula is C9H17N5. The molecule has 10 N–H and O–H groups in total. The second-order valence-corrected chi connectivity index (χ2v) is 3.30. The summed E-state index contributed by atoms with van der Waals surface area (Å²) in [4.78, 5) is 0. The summed E-state index contributed by atoms with van der Waals surface area (Å²) in [5.41, 5.74) is 31.3. The molecule has 1 aromatic carbocycles. The van der Waals surface area contributed by atoms with E-state index in [1.807, 2.05) is 6.92 Å². The van der Waals surface area contributed by atoms with Gasteiger partial charge in [0.15, 0.2) is 0 Å². The van der Waals surface area contributed by atoms with Gasteiger partial charge in [-0.25, -0.2) is 0 Å². The van der Waals surface area contributed by atoms with Gasteiger partial charge < -0.3 is 28.7 Å². The minimum atomic E-state index is 0.278. The number of anilines is 5. The van der Waals surface area contributed by atoms with E-state index in [1.165, 1.54) is 0 Å². The Morgan fingerprint density at radius 1 is 0.714 bits per heavy atom. The van der Waals surface area contributed by atoms with Crippen molar-refractivity contribution in [3.63, 3.8) is 0 Å². The second-order valence-electron chi connectivity index (χ2n) is 3.30. The lowest BCUT2D eigenvalue weighted by Gasteiger charge is -2.16. The molecule has 0 aliphatic rings. The summed E-state index contributed by atoms with van der Waals surface area (Å²) < 4.78 is 0. The van der Waals surface area contributed by atoms with Crippen LogP contribution in [0.2, 0.25) is 0 Å². The standard InChI is InChI=1S/C9H17N5/c1-2-3-4-5(10)7(12)9(14)8(13)6(4)11/h2-3,10-14H2,1H3. The normalized spacial score (nSPS) is 10.4. The average molecular weight is 195 g/mol. The fourth-order valence-corrected chi connectivity index (χ4v) is 1.42. The Morgan fingerprint density at radius 3 is 1.43 bits per heavy atom. The minimum absolute atomic E-state index is 0.278. The van der Waals surface area contributed by atoms with Crippen molar-refractivity contribution in [3.8, 4) is 0 Å². The molecule has 5 nitrogen and oxygen atoms in total. The van der Waals surface area contributed by atoms with Crippen LogP contribution in [0.1, 0.15) is 18.9 Å². The Labute approximate surface area is 83.2 Å². The quantitative estimate of drug-likeness (QED) is 0.440. The number of hydrogen-bond acceptors (Lipinski definition) is 5. The fourth-order valence-electron chi connectivity index (χ4n) is 1.42. The van der Waals surface area contributed by atoms with Gasteiger partial charge in [0, 0.05) is 5.56 Å². The summed E-state index contributed by atoms with van der Waals surface area (Å²) >= 11 is 0. The van der Waals surface area contributed by atoms with Crippen LogP contribution in [0.25, 0.3) is 0 Å². The molecule has 0 aliphatic heterocycles. The van der Waals surface area contributed by atoms with Crippen molar-refractivity contribution >= 4 is 28.4 Å². The van der Waals surface area contributed by atoms with Crippen LogP contribution >= 0.6 is 0 Å². The van der Waals surface area contributed by atoms with Crippen LogP contribution in [0.5, 0.6) is 0 Å². The maximum Gasteiger partial charge on any atom is 0.0824 e. The molecule has 14 heavy (non-hydrogen) atoms. The zero-order valence-corrected chi connectivity index (χ0v) is 8.30. The largest absolute Gasteiger partial charge is 0.397 e. The Bertz CT molecular complexity index is 330. The van der Waals surface area contributed by atoms with E-state index in [-0.39, 0.29) is 5.69 Å². The second kappa shape index (κ2) is 3.53. The summed E-state index contributed by atoms with van der Waals surface area (Å²) in [5, 5.41) is 0. The van der Waals surface area contributed by atoms with Gasteiger partial charge in [-0.15, -0.1) is 0 Å². The highest BCUT2D eigenvalue weighted by Crippen LogP contribution is 2.38. The predicted octanol–water partition coefficient (Wildman–Crippen LogP) is 0.550. The Hall–Kier alpha value is -1.78. The van der Waals surface area contributed by atoms with Gasteiger partial charge in [0.1, 0.15) is 0 Å². The molecule has 0 heterocycles. The fraction of sp³-hybridized carbons (Fsp3) is 0.333. The Morgan fingerprint density at radius 2 is 1.07 bits per heavy atom. The first-order chi connectivity index (χ1) is 6.50. The smallest absolute Gasteiger partial charge is 0.0824 e. The van der Waals surface area contributed by atoms with Crippen molar-refractivity contribution in [1.82, 2.24) is 0 Å². The molecule has 0 aliphatic carbocycles. The molecule has 1 rings (SSSR count). The van der Waals surface area contributed by atoms with E-state index in [0.717, 1.165) is 18.4 Å². The molecule has 78 valence electrons. The molecule has 5 heteroatoms. The molecule has 0 aromatic heterocycles. The topological polar surface area (TPSA) is 130 Å². The van der Waals surface area contributed by atoms with E-state index in [1.54, 1.807) is 0 Å². The zero-order valence-electron chi connectivity index (χ0n) is 8.30. The third kappa shape index (κ3) is 1.37. The van der Waals surface area contributed by atoms with Gasteiger partial charge in [-0.1, -0.05) is 13.3 Å². The van der Waals surface area contributed by atoms with E-state index in [2.05, 4.69) is 0 Å². The molecule has 1 aromatic rings. The predicted molar refractivity (Wildman–Crippen MR) is 62.5 cm³/mol. The van der Waals surface area contributed by atoms with Crippen molar-refractivity contribution in [1.29, 1.82) is 0 Å². The number of benzene rings is 1. The number of rotatable bonds is 2. The minimum Gasteiger partial charge on any atom is -0.397 e. The summed E-state index contributed by atoms with van der Waals surface area (Å²) in [5.74, 6) is 0. The van der Waals surface area contributed by atoms with E-state index < -0.39 is 0 Å². The van der Waals surface area contributed by atoms with Gasteiger partial charge in [-0.3, -0.25) is 0 Å². The van der Waals surface area contributed by atoms with Gasteiger partial charge in [-0.05, 0) is 6.42 Å². The Balaban J connectivity index is 3.43. The highest BCUT2D eigenvalue weighted by Gasteiger charge is 2.14. The van der Waals surface area contributed by atoms with Crippen molar-refractivity contribution in [2.24, 2.45) is 0 Å². The zero-order chi connectivity index (χ0) is 10.9. The van der Waals surface area contributed by atoms with Crippen LogP contribution < -0.4 is 28.7 Å². The van der Waals surface area contributed by atoms with E-state index >= 15 is 0 Å². The van der Waals surface area contributed by atoms with E-state index in [4.69, 9.17) is 28.7 Å². The third-order valence-corrected chi connectivity index (χ3v) is 2.31. The molecule has 0 amide bonds. The van der Waals surface area contributed by atoms with Crippen LogP contribution in [0, 0.1) is 0 Å². The lowest BCUT2D eigenvalue weighted by Crippen LogP contribution is -2.11. The highest BCUT2D eigenvalue weighted by atomic mass is 14.8. The molecule has 0 fully saturated rings. The SMILES string of the molecule is CCCc1c(N)c(N)c(N)c(N)c1N. The van der Waals surface area contributed by atoms with E-state index in [9.17, 15) is 0 Å². The molecule has 0 atom stereocenters. The lowest BCUT2D eigenvalue weighted by atomic mass is 10.0. The van der Waals surface area contributed by atoms with Crippen LogP contribution in [-0.4, -0.2) is 0 Å². The molecular weight excluding hydrogens is 178 g/mol. The van der Waals surface area contributed by atoms with Gasteiger partial charge in [0.2, 0.25) is 0 Å². The molecule has 0 radical (unpaired) electrons. The lowest BCUT2D eigenvalue weighted by molar-refractivity contribution is 0.927. The monoisotopic (exact) mass is 195 g/mol. The van der Waals surface area contributed by atoms with Crippen LogP contribution in [0.3, 0.4) is 0 Å². The molecule has 0 saturated carbocycles. The first-order valence-corrected chi connectivity index (χ1v) is 4.50. The summed E-state index contributed by atoms with van der Waals surface area (Å²) in [6, 6.07) is 0. The number of nitrogens with two attached hydrogens (primary N) is 5. The maximum atomic E-state index is 5.80. The van der Waals surface area contributed by atoms with Gasteiger partial charge >= 0.3 is 0 Å². The first-order valence-electron chi connectivity index (χ1n) is 4.50. The van der Waals surface area contributed by atoms with Crippen LogP contribution in [0.4, 0.5) is 28.4 Å². The molecule has 0 unspecified atom stereocenters. The first kappa shape index (κ1) is 10.3. The van der Waals surface area contributed by atoms with Crippen LogP contribution in [0.15, 0.2) is 0 Å². The van der Waals surface area contributed by atoms with Crippen molar-refractivity contribution in [3.05, 3.63) is 5.56 Å². The van der Waals surface area contributed by atoms with Crippen molar-refractivity contribution in [2.75, 3.05) is 28.7 Å². The van der Waals surface area contributed by atoms with Gasteiger partial charge in [0.25, 0.3) is 0 Å². The summed E-state index contributed by atoms with van der Waals surface area (Å²) in [7, 11) is 0. The number of hydrogen-bond donors (Lipinski definition) is 5. The Kier molecular flexibility index (Phi) is 2.60.